The molecule has 0 atom stereocenters. The van der Waals surface area contributed by atoms with Crippen molar-refractivity contribution in [2.75, 3.05) is 25.5 Å². The lowest BCUT2D eigenvalue weighted by atomic mass is 10.0. The molecular formula is C20H25N3O3. The second-order valence-corrected chi connectivity index (χ2v) is 6.11. The van der Waals surface area contributed by atoms with Gasteiger partial charge in [0.2, 0.25) is 0 Å². The van der Waals surface area contributed by atoms with Gasteiger partial charge >= 0.3 is 6.03 Å². The van der Waals surface area contributed by atoms with E-state index in [1.807, 2.05) is 24.3 Å². The molecule has 3 amide bonds. The maximum absolute atomic E-state index is 12.0. The van der Waals surface area contributed by atoms with Crippen LogP contribution in [0.3, 0.4) is 0 Å². The Kier molecular flexibility index (Phi) is 7.02. The Morgan fingerprint density at radius 2 is 1.62 bits per heavy atom. The van der Waals surface area contributed by atoms with Gasteiger partial charge in [0.1, 0.15) is 5.75 Å². The molecule has 6 nitrogen and oxygen atoms in total. The molecule has 26 heavy (non-hydrogen) atoms. The summed E-state index contributed by atoms with van der Waals surface area (Å²) in [6.45, 7) is 4.82. The first-order valence-corrected chi connectivity index (χ1v) is 8.57. The quantitative estimate of drug-likeness (QED) is 0.666. The minimum absolute atomic E-state index is 0.194. The number of para-hydroxylation sites is 1. The zero-order chi connectivity index (χ0) is 18.9. The van der Waals surface area contributed by atoms with Crippen LogP contribution in [-0.2, 0) is 0 Å². The fourth-order valence-electron chi connectivity index (χ4n) is 2.48. The number of benzene rings is 2. The first-order chi connectivity index (χ1) is 12.5. The van der Waals surface area contributed by atoms with E-state index < -0.39 is 0 Å². The number of nitrogens with one attached hydrogen (secondary N) is 3. The first kappa shape index (κ1) is 19.3. The lowest BCUT2D eigenvalue weighted by molar-refractivity contribution is 0.0954. The van der Waals surface area contributed by atoms with Gasteiger partial charge in [0.05, 0.1) is 7.11 Å². The normalized spacial score (nSPS) is 10.3. The lowest BCUT2D eigenvalue weighted by Crippen LogP contribution is -2.37. The number of anilines is 1. The largest absolute Gasteiger partial charge is 0.497 e. The molecule has 0 radical (unpaired) electrons. The number of carbonyl (C=O) groups excluding carboxylic acids is 2. The van der Waals surface area contributed by atoms with Crippen LogP contribution in [0.2, 0.25) is 0 Å². The van der Waals surface area contributed by atoms with Crippen LogP contribution in [0, 0.1) is 0 Å². The highest BCUT2D eigenvalue weighted by molar-refractivity contribution is 5.94. The molecule has 138 valence electrons. The van der Waals surface area contributed by atoms with E-state index in [9.17, 15) is 9.59 Å². The highest BCUT2D eigenvalue weighted by atomic mass is 16.5. The van der Waals surface area contributed by atoms with Gasteiger partial charge in [0.15, 0.2) is 0 Å². The van der Waals surface area contributed by atoms with Crippen LogP contribution in [0.1, 0.15) is 35.7 Å². The average Bonchev–Trinajstić information content (AvgIpc) is 2.65. The predicted octanol–water partition coefficient (Wildman–Crippen LogP) is 3.37. The fraction of sp³-hybridized carbons (Fsp3) is 0.300. The van der Waals surface area contributed by atoms with Gasteiger partial charge in [-0.05, 0) is 41.8 Å². The minimum atomic E-state index is -0.295. The summed E-state index contributed by atoms with van der Waals surface area (Å²) in [6.07, 6.45) is 0. The van der Waals surface area contributed by atoms with Crippen LogP contribution in [0.25, 0.3) is 0 Å². The zero-order valence-electron chi connectivity index (χ0n) is 15.3. The molecular weight excluding hydrogens is 330 g/mol. The number of ether oxygens (including phenoxy) is 1. The zero-order valence-corrected chi connectivity index (χ0v) is 15.3. The van der Waals surface area contributed by atoms with Crippen LogP contribution in [0.15, 0.2) is 48.5 Å². The Labute approximate surface area is 153 Å². The van der Waals surface area contributed by atoms with Crippen molar-refractivity contribution in [2.24, 2.45) is 0 Å². The van der Waals surface area contributed by atoms with Crippen molar-refractivity contribution in [1.29, 1.82) is 0 Å². The molecule has 0 aliphatic carbocycles. The van der Waals surface area contributed by atoms with Gasteiger partial charge in [-0.25, -0.2) is 4.79 Å². The van der Waals surface area contributed by atoms with E-state index >= 15 is 0 Å². The monoisotopic (exact) mass is 355 g/mol. The van der Waals surface area contributed by atoms with Gasteiger partial charge in [-0.2, -0.15) is 0 Å². The van der Waals surface area contributed by atoms with E-state index in [1.165, 1.54) is 0 Å². The number of rotatable bonds is 7. The van der Waals surface area contributed by atoms with E-state index in [0.29, 0.717) is 30.3 Å². The standard InChI is InChI=1S/C20H25N3O3/c1-14(2)17-6-4-5-7-18(17)23-20(25)22-13-12-21-19(24)15-8-10-16(26-3)11-9-15/h4-11,14H,12-13H2,1-3H3,(H,21,24)(H2,22,23,25). The van der Waals surface area contributed by atoms with E-state index in [2.05, 4.69) is 29.8 Å². The summed E-state index contributed by atoms with van der Waals surface area (Å²) in [6, 6.07) is 14.3. The molecule has 2 rings (SSSR count). The third-order valence-electron chi connectivity index (χ3n) is 3.88. The first-order valence-electron chi connectivity index (χ1n) is 8.57. The predicted molar refractivity (Wildman–Crippen MR) is 103 cm³/mol. The number of methoxy groups -OCH3 is 1. The van der Waals surface area contributed by atoms with Crippen LogP contribution >= 0.6 is 0 Å². The molecule has 0 saturated carbocycles. The average molecular weight is 355 g/mol. The Balaban J connectivity index is 1.75. The van der Waals surface area contributed by atoms with E-state index in [1.54, 1.807) is 31.4 Å². The molecule has 0 spiro atoms. The summed E-state index contributed by atoms with van der Waals surface area (Å²) < 4.78 is 5.06. The molecule has 0 heterocycles. The maximum Gasteiger partial charge on any atom is 0.319 e. The number of urea groups is 1. The summed E-state index contributed by atoms with van der Waals surface area (Å²) in [4.78, 5) is 24.0. The molecule has 0 saturated heterocycles. The molecule has 0 aromatic heterocycles. The molecule has 0 aliphatic rings. The van der Waals surface area contributed by atoms with Gasteiger partial charge in [-0.1, -0.05) is 32.0 Å². The molecule has 0 fully saturated rings. The Morgan fingerprint density at radius 3 is 2.27 bits per heavy atom. The SMILES string of the molecule is COc1ccc(C(=O)NCCNC(=O)Nc2ccccc2C(C)C)cc1. The second kappa shape index (κ2) is 9.46. The minimum Gasteiger partial charge on any atom is -0.497 e. The van der Waals surface area contributed by atoms with Gasteiger partial charge in [0, 0.05) is 24.3 Å². The van der Waals surface area contributed by atoms with Gasteiger partial charge in [-0.15, -0.1) is 0 Å². The molecule has 2 aromatic rings. The van der Waals surface area contributed by atoms with Gasteiger partial charge in [0.25, 0.3) is 5.91 Å². The smallest absolute Gasteiger partial charge is 0.319 e. The van der Waals surface area contributed by atoms with Crippen LogP contribution < -0.4 is 20.7 Å². The van der Waals surface area contributed by atoms with Crippen molar-refractivity contribution >= 4 is 17.6 Å². The van der Waals surface area contributed by atoms with Crippen molar-refractivity contribution in [3.05, 3.63) is 59.7 Å². The van der Waals surface area contributed by atoms with E-state index in [4.69, 9.17) is 4.74 Å². The third kappa shape index (κ3) is 5.51. The Hall–Kier alpha value is -3.02. The number of hydrogen-bond acceptors (Lipinski definition) is 3. The summed E-state index contributed by atoms with van der Waals surface area (Å²) in [5.41, 5.74) is 2.42. The lowest BCUT2D eigenvalue weighted by Gasteiger charge is -2.14. The molecule has 0 aliphatic heterocycles. The van der Waals surface area contributed by atoms with Gasteiger partial charge < -0.3 is 20.7 Å². The van der Waals surface area contributed by atoms with Crippen LogP contribution in [0.5, 0.6) is 5.75 Å². The van der Waals surface area contributed by atoms with E-state index in [0.717, 1.165) is 11.3 Å². The van der Waals surface area contributed by atoms with Crippen LogP contribution in [-0.4, -0.2) is 32.1 Å². The highest BCUT2D eigenvalue weighted by Crippen LogP contribution is 2.23. The Bertz CT molecular complexity index is 742. The van der Waals surface area contributed by atoms with Crippen molar-refractivity contribution in [2.45, 2.75) is 19.8 Å². The molecule has 6 heteroatoms. The topological polar surface area (TPSA) is 79.5 Å². The second-order valence-electron chi connectivity index (χ2n) is 6.11. The summed E-state index contributed by atoms with van der Waals surface area (Å²) >= 11 is 0. The fourth-order valence-corrected chi connectivity index (χ4v) is 2.48. The summed E-state index contributed by atoms with van der Waals surface area (Å²) in [7, 11) is 1.57. The molecule has 0 bridgehead atoms. The molecule has 2 aromatic carbocycles. The van der Waals surface area contributed by atoms with Gasteiger partial charge in [-0.3, -0.25) is 4.79 Å². The number of hydrogen-bond donors (Lipinski definition) is 3. The molecule has 0 unspecified atom stereocenters. The summed E-state index contributed by atoms with van der Waals surface area (Å²) in [5.74, 6) is 0.817. The summed E-state index contributed by atoms with van der Waals surface area (Å²) in [5, 5.41) is 8.35. The molecule has 3 N–H and O–H groups in total. The van der Waals surface area contributed by atoms with E-state index in [-0.39, 0.29) is 11.9 Å². The van der Waals surface area contributed by atoms with Crippen molar-refractivity contribution < 1.29 is 14.3 Å². The van der Waals surface area contributed by atoms with Crippen molar-refractivity contribution in [3.63, 3.8) is 0 Å². The highest BCUT2D eigenvalue weighted by Gasteiger charge is 2.09. The third-order valence-corrected chi connectivity index (χ3v) is 3.88. The van der Waals surface area contributed by atoms with Crippen molar-refractivity contribution in [3.8, 4) is 5.75 Å². The Morgan fingerprint density at radius 1 is 0.962 bits per heavy atom. The number of carbonyl (C=O) groups is 2. The number of amides is 3. The van der Waals surface area contributed by atoms with Crippen LogP contribution in [0.4, 0.5) is 10.5 Å². The maximum atomic E-state index is 12.0. The van der Waals surface area contributed by atoms with Crippen molar-refractivity contribution in [1.82, 2.24) is 10.6 Å².